The van der Waals surface area contributed by atoms with Gasteiger partial charge in [0.2, 0.25) is 0 Å². The highest BCUT2D eigenvalue weighted by Gasteiger charge is 2.26. The summed E-state index contributed by atoms with van der Waals surface area (Å²) in [5.41, 5.74) is 5.38. The van der Waals surface area contributed by atoms with Crippen molar-refractivity contribution in [1.82, 2.24) is 0 Å². The Kier molecular flexibility index (Phi) is 56.1. The van der Waals surface area contributed by atoms with Crippen LogP contribution < -0.4 is 5.73 Å². The summed E-state index contributed by atoms with van der Waals surface area (Å²) in [4.78, 5) is 35.2. The number of unbranched alkanes of at least 4 members (excludes halogenated alkanes) is 6. The minimum atomic E-state index is -4.42. The summed E-state index contributed by atoms with van der Waals surface area (Å²) in [5.74, 6) is -0.929. The first kappa shape index (κ1) is 71.8. The Bertz CT molecular complexity index is 1950. The fourth-order valence-electron chi connectivity index (χ4n) is 6.78. The second kappa shape index (κ2) is 60.1. The molecule has 0 radical (unpaired) electrons. The van der Waals surface area contributed by atoms with Crippen molar-refractivity contribution < 1.29 is 37.6 Å². The van der Waals surface area contributed by atoms with Crippen molar-refractivity contribution in [3.05, 3.63) is 194 Å². The van der Waals surface area contributed by atoms with E-state index in [2.05, 4.69) is 208 Å². The average molecular weight is 1080 g/mol. The second-order valence-corrected chi connectivity index (χ2v) is 19.5. The molecule has 0 aromatic rings. The van der Waals surface area contributed by atoms with E-state index in [0.717, 1.165) is 141 Å². The smallest absolute Gasteiger partial charge is 0.462 e. The summed E-state index contributed by atoms with van der Waals surface area (Å²) in [7, 11) is -4.42. The van der Waals surface area contributed by atoms with Gasteiger partial charge in [-0.25, -0.2) is 4.57 Å². The molecule has 0 aliphatic rings. The molecular formula is C67H102NO8P. The van der Waals surface area contributed by atoms with Crippen molar-refractivity contribution in [2.75, 3.05) is 26.4 Å². The van der Waals surface area contributed by atoms with Crippen LogP contribution in [0.25, 0.3) is 0 Å². The van der Waals surface area contributed by atoms with E-state index in [4.69, 9.17) is 24.3 Å². The van der Waals surface area contributed by atoms with Crippen LogP contribution in [-0.2, 0) is 32.7 Å². The second-order valence-electron chi connectivity index (χ2n) is 18.0. The Balaban J connectivity index is 4.22. The quantitative estimate of drug-likeness (QED) is 0.0264. The number of hydrogen-bond acceptors (Lipinski definition) is 8. The zero-order valence-corrected chi connectivity index (χ0v) is 48.5. The lowest BCUT2D eigenvalue weighted by atomic mass is 10.1. The first-order chi connectivity index (χ1) is 37.8. The molecule has 3 N–H and O–H groups in total. The number of nitrogens with two attached hydrogens (primary N) is 1. The van der Waals surface area contributed by atoms with E-state index in [9.17, 15) is 19.0 Å². The number of esters is 2. The van der Waals surface area contributed by atoms with Gasteiger partial charge in [-0.3, -0.25) is 18.6 Å². The number of carbonyl (C=O) groups is 2. The molecule has 77 heavy (non-hydrogen) atoms. The van der Waals surface area contributed by atoms with E-state index in [1.165, 1.54) is 0 Å². The maximum absolute atomic E-state index is 12.7. The lowest BCUT2D eigenvalue weighted by Gasteiger charge is -2.19. The van der Waals surface area contributed by atoms with Crippen LogP contribution >= 0.6 is 7.82 Å². The lowest BCUT2D eigenvalue weighted by molar-refractivity contribution is -0.161. The van der Waals surface area contributed by atoms with E-state index >= 15 is 0 Å². The van der Waals surface area contributed by atoms with Crippen LogP contribution in [0.3, 0.4) is 0 Å². The number of ether oxygens (including phenoxy) is 2. The Labute approximate surface area is 468 Å². The number of allylic oxidation sites excluding steroid dienone is 32. The predicted octanol–water partition coefficient (Wildman–Crippen LogP) is 18.6. The minimum Gasteiger partial charge on any atom is -0.462 e. The fraction of sp³-hybridized carbons (Fsp3) is 0.493. The maximum Gasteiger partial charge on any atom is 0.472 e. The van der Waals surface area contributed by atoms with Crippen LogP contribution in [-0.4, -0.2) is 49.3 Å². The molecule has 10 heteroatoms. The van der Waals surface area contributed by atoms with Gasteiger partial charge < -0.3 is 20.1 Å². The number of phosphoric ester groups is 1. The first-order valence-corrected chi connectivity index (χ1v) is 30.4. The average Bonchev–Trinajstić information content (AvgIpc) is 3.42. The van der Waals surface area contributed by atoms with E-state index < -0.39 is 32.5 Å². The number of rotatable bonds is 51. The van der Waals surface area contributed by atoms with Crippen molar-refractivity contribution >= 4 is 19.8 Å². The Morgan fingerprint density at radius 1 is 0.390 bits per heavy atom. The van der Waals surface area contributed by atoms with Crippen molar-refractivity contribution in [3.63, 3.8) is 0 Å². The molecule has 428 valence electrons. The summed E-state index contributed by atoms with van der Waals surface area (Å²) < 4.78 is 32.9. The van der Waals surface area contributed by atoms with Gasteiger partial charge in [0.1, 0.15) is 6.61 Å². The molecule has 0 aromatic heterocycles. The molecule has 0 amide bonds. The number of hydrogen-bond donors (Lipinski definition) is 2. The zero-order valence-electron chi connectivity index (χ0n) is 47.6. The highest BCUT2D eigenvalue weighted by atomic mass is 31.2. The highest BCUT2D eigenvalue weighted by Crippen LogP contribution is 2.43. The summed E-state index contributed by atoms with van der Waals surface area (Å²) in [6, 6.07) is 0. The standard InChI is InChI=1S/C67H102NO8P/c1-3-5-7-9-11-13-15-17-19-21-23-25-27-29-31-32-34-36-38-40-42-44-46-48-50-52-54-56-58-60-67(70)76-65(64-75-77(71,72)74-62-61-68)63-73-66(69)59-57-55-53-51-49-47-45-43-41-39-37-35-33-30-28-26-24-22-20-18-16-14-12-10-8-6-4-2/h5-8,11-14,17-20,23-26,29-31,33-34,36-37,39-40,42-43,45-46,48-49,51,65H,3-4,9-10,15-16,21-22,27-28,32,35,38,41,44,47,50,52-64,68H2,1-2H3,(H,71,72)/b7-5-,8-6-,13-11-,14-12-,19-17-,20-18-,25-23-,26-24-,31-29-,33-30-,36-34-,39-37-,42-40-,45-43-,48-46-,51-49-. The summed E-state index contributed by atoms with van der Waals surface area (Å²) in [6.45, 7) is 3.39. The Hall–Kier alpha value is -5.15. The zero-order chi connectivity index (χ0) is 55.9. The van der Waals surface area contributed by atoms with Crippen LogP contribution in [0.5, 0.6) is 0 Å². The topological polar surface area (TPSA) is 134 Å². The first-order valence-electron chi connectivity index (χ1n) is 28.9. The molecular weight excluding hydrogens is 978 g/mol. The SMILES string of the molecule is CC/C=C\C/C=C\C/C=C\C/C=C\C/C=C\C/C=C\C/C=C\C/C=C\CCCCCCC(=O)OC(COC(=O)CCCC/C=C\C/C=C\C/C=C\C/C=C\C/C=C\C/C=C\C/C=C\C/C=C\CC)COP(=O)(O)OCCN. The van der Waals surface area contributed by atoms with Gasteiger partial charge >= 0.3 is 19.8 Å². The molecule has 0 aliphatic carbocycles. The van der Waals surface area contributed by atoms with Crippen molar-refractivity contribution in [3.8, 4) is 0 Å². The molecule has 0 fully saturated rings. The van der Waals surface area contributed by atoms with Crippen LogP contribution in [0.1, 0.15) is 181 Å². The normalized spacial score (nSPS) is 14.5. The van der Waals surface area contributed by atoms with Gasteiger partial charge in [-0.05, 0) is 141 Å². The molecule has 0 aromatic carbocycles. The monoisotopic (exact) mass is 1080 g/mol. The van der Waals surface area contributed by atoms with E-state index in [0.29, 0.717) is 12.8 Å². The lowest BCUT2D eigenvalue weighted by Crippen LogP contribution is -2.29. The van der Waals surface area contributed by atoms with E-state index in [1.54, 1.807) is 0 Å². The van der Waals surface area contributed by atoms with Crippen molar-refractivity contribution in [2.24, 2.45) is 5.73 Å². The third-order valence-electron chi connectivity index (χ3n) is 11.0. The predicted molar refractivity (Wildman–Crippen MR) is 329 cm³/mol. The van der Waals surface area contributed by atoms with Gasteiger partial charge in [0, 0.05) is 19.4 Å². The van der Waals surface area contributed by atoms with Gasteiger partial charge in [0.05, 0.1) is 13.2 Å². The van der Waals surface area contributed by atoms with Gasteiger partial charge in [-0.15, -0.1) is 0 Å². The summed E-state index contributed by atoms with van der Waals surface area (Å²) in [6.07, 6.45) is 91.9. The van der Waals surface area contributed by atoms with Gasteiger partial charge in [-0.2, -0.15) is 0 Å². The van der Waals surface area contributed by atoms with Crippen LogP contribution in [0.2, 0.25) is 0 Å². The van der Waals surface area contributed by atoms with Crippen molar-refractivity contribution in [2.45, 2.75) is 187 Å². The summed E-state index contributed by atoms with van der Waals surface area (Å²) >= 11 is 0. The summed E-state index contributed by atoms with van der Waals surface area (Å²) in [5, 5.41) is 0. The number of carbonyl (C=O) groups excluding carboxylic acids is 2. The Morgan fingerprint density at radius 2 is 0.675 bits per heavy atom. The molecule has 0 aliphatic heterocycles. The molecule has 0 spiro atoms. The minimum absolute atomic E-state index is 0.0302. The highest BCUT2D eigenvalue weighted by molar-refractivity contribution is 7.47. The van der Waals surface area contributed by atoms with Crippen LogP contribution in [0, 0.1) is 0 Å². The van der Waals surface area contributed by atoms with E-state index in [1.807, 2.05) is 0 Å². The van der Waals surface area contributed by atoms with Crippen LogP contribution in [0.4, 0.5) is 0 Å². The molecule has 2 atom stereocenters. The fourth-order valence-corrected chi connectivity index (χ4v) is 7.55. The molecule has 0 rings (SSSR count). The third-order valence-corrected chi connectivity index (χ3v) is 12.0. The largest absolute Gasteiger partial charge is 0.472 e. The van der Waals surface area contributed by atoms with Gasteiger partial charge in [0.15, 0.2) is 6.10 Å². The van der Waals surface area contributed by atoms with Crippen molar-refractivity contribution in [1.29, 1.82) is 0 Å². The molecule has 0 heterocycles. The molecule has 2 unspecified atom stereocenters. The molecule has 0 saturated heterocycles. The molecule has 0 bridgehead atoms. The van der Waals surface area contributed by atoms with Gasteiger partial charge in [0.25, 0.3) is 0 Å². The molecule has 9 nitrogen and oxygen atoms in total. The Morgan fingerprint density at radius 3 is 1.01 bits per heavy atom. The number of phosphoric acid groups is 1. The van der Waals surface area contributed by atoms with Crippen LogP contribution in [0.15, 0.2) is 194 Å². The molecule has 0 saturated carbocycles. The van der Waals surface area contributed by atoms with E-state index in [-0.39, 0.29) is 32.6 Å². The third kappa shape index (κ3) is 59.9. The van der Waals surface area contributed by atoms with Gasteiger partial charge in [-0.1, -0.05) is 221 Å². The maximum atomic E-state index is 12.7.